The van der Waals surface area contributed by atoms with Gasteiger partial charge in [-0.05, 0) is 41.4 Å². The number of anilines is 1. The smallest absolute Gasteiger partial charge is 0.159 e. The van der Waals surface area contributed by atoms with Gasteiger partial charge in [0.1, 0.15) is 11.5 Å². The summed E-state index contributed by atoms with van der Waals surface area (Å²) in [4.78, 5) is 19.7. The topological polar surface area (TPSA) is 112 Å². The molecule has 174 valence electrons. The highest BCUT2D eigenvalue weighted by molar-refractivity contribution is 7.08. The molecule has 0 radical (unpaired) electrons. The third kappa shape index (κ3) is 3.84. The molecule has 4 aromatic heterocycles. The van der Waals surface area contributed by atoms with Gasteiger partial charge in [0.2, 0.25) is 0 Å². The number of imidazole rings is 1. The highest BCUT2D eigenvalue weighted by atomic mass is 32.1. The second-order valence-electron chi connectivity index (χ2n) is 8.65. The summed E-state index contributed by atoms with van der Waals surface area (Å²) in [5.41, 5.74) is 13.4. The van der Waals surface area contributed by atoms with E-state index in [-0.39, 0.29) is 6.04 Å². The molecule has 1 saturated heterocycles. The number of H-pyrrole nitrogens is 2. The first-order chi connectivity index (χ1) is 17.1. The molecule has 1 aliphatic rings. The average Bonchev–Trinajstić information content (AvgIpc) is 3.60. The number of aryl methyl sites for hydroxylation is 1. The minimum Gasteiger partial charge on any atom is -0.352 e. The van der Waals surface area contributed by atoms with E-state index in [9.17, 15) is 0 Å². The van der Waals surface area contributed by atoms with Crippen LogP contribution in [0.2, 0.25) is 0 Å². The second kappa shape index (κ2) is 8.61. The molecule has 9 heteroatoms. The number of nitrogens with two attached hydrogens (primary N) is 1. The number of allylic oxidation sites excluding steroid dienone is 2. The van der Waals surface area contributed by atoms with Crippen LogP contribution >= 0.6 is 11.3 Å². The number of rotatable bonds is 6. The van der Waals surface area contributed by atoms with E-state index in [1.807, 2.05) is 25.1 Å². The molecule has 1 aromatic carbocycles. The van der Waals surface area contributed by atoms with Crippen molar-refractivity contribution in [3.8, 4) is 22.8 Å². The summed E-state index contributed by atoms with van der Waals surface area (Å²) in [5, 5.41) is 12.9. The molecule has 0 aliphatic carbocycles. The van der Waals surface area contributed by atoms with Crippen molar-refractivity contribution in [3.05, 3.63) is 83.1 Å². The minimum atomic E-state index is 0.202. The van der Waals surface area contributed by atoms with Crippen LogP contribution in [0.4, 0.5) is 5.82 Å². The third-order valence-electron chi connectivity index (χ3n) is 6.20. The van der Waals surface area contributed by atoms with Gasteiger partial charge in [0.25, 0.3) is 0 Å². The van der Waals surface area contributed by atoms with Gasteiger partial charge < -0.3 is 15.6 Å². The molecule has 5 heterocycles. The van der Waals surface area contributed by atoms with Gasteiger partial charge in [-0.15, -0.1) is 0 Å². The summed E-state index contributed by atoms with van der Waals surface area (Å²) < 4.78 is 0. The summed E-state index contributed by atoms with van der Waals surface area (Å²) in [5.74, 6) is 1.55. The zero-order valence-corrected chi connectivity index (χ0v) is 20.0. The number of nitrogens with zero attached hydrogens (tertiary/aromatic N) is 5. The highest BCUT2D eigenvalue weighted by Gasteiger charge is 2.25. The summed E-state index contributed by atoms with van der Waals surface area (Å²) in [7, 11) is 0. The van der Waals surface area contributed by atoms with Crippen LogP contribution in [0.15, 0.2) is 66.2 Å². The van der Waals surface area contributed by atoms with Gasteiger partial charge >= 0.3 is 0 Å². The lowest BCUT2D eigenvalue weighted by atomic mass is 10.0. The Kier molecular flexibility index (Phi) is 5.28. The summed E-state index contributed by atoms with van der Waals surface area (Å²) in [6.07, 6.45) is 7.35. The maximum absolute atomic E-state index is 5.94. The first-order valence-electron chi connectivity index (χ1n) is 11.3. The lowest BCUT2D eigenvalue weighted by Gasteiger charge is -2.37. The average molecular weight is 481 g/mol. The van der Waals surface area contributed by atoms with Crippen molar-refractivity contribution >= 4 is 33.6 Å². The summed E-state index contributed by atoms with van der Waals surface area (Å²) in [6.45, 7) is 7.51. The van der Waals surface area contributed by atoms with Gasteiger partial charge in [0.15, 0.2) is 5.82 Å². The molecule has 0 amide bonds. The van der Waals surface area contributed by atoms with E-state index in [2.05, 4.69) is 54.5 Å². The number of hydrogen-bond acceptors (Lipinski definition) is 7. The fourth-order valence-corrected chi connectivity index (χ4v) is 5.04. The van der Waals surface area contributed by atoms with Crippen LogP contribution in [0, 0.1) is 6.92 Å². The fourth-order valence-electron chi connectivity index (χ4n) is 4.38. The van der Waals surface area contributed by atoms with Gasteiger partial charge in [-0.25, -0.2) is 9.97 Å². The largest absolute Gasteiger partial charge is 0.352 e. The molecule has 0 saturated carbocycles. The molecule has 5 aromatic rings. The maximum Gasteiger partial charge on any atom is 0.159 e. The molecule has 35 heavy (non-hydrogen) atoms. The lowest BCUT2D eigenvalue weighted by Crippen LogP contribution is -2.56. The Bertz CT molecular complexity index is 1550. The van der Waals surface area contributed by atoms with Crippen LogP contribution in [-0.4, -0.2) is 49.3 Å². The van der Waals surface area contributed by atoms with Crippen molar-refractivity contribution in [1.29, 1.82) is 0 Å². The predicted molar refractivity (Wildman–Crippen MR) is 141 cm³/mol. The molecule has 8 nitrogen and oxygen atoms in total. The Morgan fingerprint density at radius 1 is 1.23 bits per heavy atom. The highest BCUT2D eigenvalue weighted by Crippen LogP contribution is 2.32. The van der Waals surface area contributed by atoms with E-state index >= 15 is 0 Å². The van der Waals surface area contributed by atoms with Crippen LogP contribution in [0.1, 0.15) is 17.0 Å². The van der Waals surface area contributed by atoms with Crippen molar-refractivity contribution in [2.45, 2.75) is 13.0 Å². The fraction of sp³-hybridized carbons (Fsp3) is 0.154. The Morgan fingerprint density at radius 2 is 2.11 bits per heavy atom. The quantitative estimate of drug-likeness (QED) is 0.308. The lowest BCUT2D eigenvalue weighted by molar-refractivity contribution is 0.514. The van der Waals surface area contributed by atoms with Crippen LogP contribution < -0.4 is 10.6 Å². The number of fused-ring (bicyclic) bond motifs is 1. The standard InChI is InChI=1S/C26H24N8S/c1-3-4-19(17-7-8-35-14-17)24-15(2)29-26(31-24)25-20-9-16(5-6-21(20)32-33-25)22-10-28-11-23(30-22)34-12-18(27)13-34/h3-11,14,18H,1,12-13,27H2,2H3,(H,29,31)(H,32,33)/b19-4-. The van der Waals surface area contributed by atoms with Crippen molar-refractivity contribution in [1.82, 2.24) is 30.1 Å². The van der Waals surface area contributed by atoms with Crippen LogP contribution in [0.25, 0.3) is 39.3 Å². The summed E-state index contributed by atoms with van der Waals surface area (Å²) in [6, 6.07) is 8.42. The molecule has 0 unspecified atom stereocenters. The van der Waals surface area contributed by atoms with Gasteiger partial charge in [-0.3, -0.25) is 10.1 Å². The van der Waals surface area contributed by atoms with E-state index < -0.39 is 0 Å². The SMILES string of the molecule is C=C/C=C(/c1ccsc1)c1nc(-c2n[nH]c3ccc(-c4cncc(N5CC(N)C5)n4)cc23)[nH]c1C. The third-order valence-corrected chi connectivity index (χ3v) is 6.88. The van der Waals surface area contributed by atoms with Gasteiger partial charge in [0, 0.05) is 41.3 Å². The Morgan fingerprint density at radius 3 is 2.89 bits per heavy atom. The van der Waals surface area contributed by atoms with Crippen molar-refractivity contribution in [2.75, 3.05) is 18.0 Å². The van der Waals surface area contributed by atoms with E-state index in [1.54, 1.807) is 29.8 Å². The molecule has 6 rings (SSSR count). The first kappa shape index (κ1) is 21.5. The van der Waals surface area contributed by atoms with Crippen molar-refractivity contribution in [3.63, 3.8) is 0 Å². The predicted octanol–water partition coefficient (Wildman–Crippen LogP) is 4.54. The molecule has 0 atom stereocenters. The molecule has 0 spiro atoms. The monoisotopic (exact) mass is 480 g/mol. The zero-order chi connectivity index (χ0) is 23.9. The molecule has 1 aliphatic heterocycles. The van der Waals surface area contributed by atoms with Crippen LogP contribution in [0.5, 0.6) is 0 Å². The Balaban J connectivity index is 1.39. The molecule has 0 bridgehead atoms. The Labute approximate surface area is 206 Å². The normalized spacial score (nSPS) is 14.5. The van der Waals surface area contributed by atoms with E-state index in [1.165, 1.54) is 0 Å². The zero-order valence-electron chi connectivity index (χ0n) is 19.2. The number of aromatic nitrogens is 6. The molecule has 4 N–H and O–H groups in total. The number of nitrogens with one attached hydrogen (secondary N) is 2. The second-order valence-corrected chi connectivity index (χ2v) is 9.43. The van der Waals surface area contributed by atoms with Crippen molar-refractivity contribution < 1.29 is 0 Å². The van der Waals surface area contributed by atoms with Gasteiger partial charge in [-0.1, -0.05) is 24.8 Å². The molecular weight excluding hydrogens is 456 g/mol. The number of thiophene rings is 1. The van der Waals surface area contributed by atoms with E-state index in [0.29, 0.717) is 5.82 Å². The number of aromatic amines is 2. The molecule has 1 fully saturated rings. The van der Waals surface area contributed by atoms with Gasteiger partial charge in [0.05, 0.1) is 29.3 Å². The number of hydrogen-bond donors (Lipinski definition) is 3. The van der Waals surface area contributed by atoms with Crippen LogP contribution in [-0.2, 0) is 0 Å². The van der Waals surface area contributed by atoms with E-state index in [4.69, 9.17) is 15.7 Å². The first-order valence-corrected chi connectivity index (χ1v) is 12.3. The Hall–Kier alpha value is -4.08. The van der Waals surface area contributed by atoms with Crippen LogP contribution in [0.3, 0.4) is 0 Å². The van der Waals surface area contributed by atoms with Gasteiger partial charge in [-0.2, -0.15) is 16.4 Å². The maximum atomic E-state index is 5.94. The molecular formula is C26H24N8S. The van der Waals surface area contributed by atoms with Crippen molar-refractivity contribution in [2.24, 2.45) is 5.73 Å². The number of benzene rings is 1. The van der Waals surface area contributed by atoms with E-state index in [0.717, 1.165) is 69.3 Å². The summed E-state index contributed by atoms with van der Waals surface area (Å²) >= 11 is 1.66. The minimum absolute atomic E-state index is 0.202.